The average Bonchev–Trinajstić information content (AvgIpc) is 3.41. The molecule has 0 spiro atoms. The van der Waals surface area contributed by atoms with Gasteiger partial charge in [0, 0.05) is 19.3 Å². The minimum absolute atomic E-state index is 0.0601. The van der Waals surface area contributed by atoms with Gasteiger partial charge < -0.3 is 14.2 Å². The van der Waals surface area contributed by atoms with Gasteiger partial charge in [-0.05, 0) is 19.3 Å². The molecule has 0 aromatic heterocycles. The monoisotopic (exact) mass is 1060 g/mol. The Morgan fingerprint density at radius 2 is 0.360 bits per heavy atom. The molecule has 0 heterocycles. The third kappa shape index (κ3) is 63.1. The first-order valence-electron chi connectivity index (χ1n) is 34.5. The smallest absolute Gasteiger partial charge is 0.306 e. The third-order valence-electron chi connectivity index (χ3n) is 16.1. The first-order valence-corrected chi connectivity index (χ1v) is 34.5. The highest BCUT2D eigenvalue weighted by Gasteiger charge is 2.19. The van der Waals surface area contributed by atoms with Gasteiger partial charge in [-0.3, -0.25) is 14.4 Å². The third-order valence-corrected chi connectivity index (χ3v) is 16.1. The number of hydrogen-bond acceptors (Lipinski definition) is 6. The van der Waals surface area contributed by atoms with Crippen LogP contribution in [0.25, 0.3) is 0 Å². The molecular weight excluding hydrogens is 925 g/mol. The number of ether oxygens (including phenoxy) is 3. The first kappa shape index (κ1) is 73.4. The van der Waals surface area contributed by atoms with Gasteiger partial charge in [0.25, 0.3) is 0 Å². The van der Waals surface area contributed by atoms with Crippen LogP contribution in [0.15, 0.2) is 0 Å². The van der Waals surface area contributed by atoms with Crippen LogP contribution in [0, 0.1) is 0 Å². The van der Waals surface area contributed by atoms with Crippen LogP contribution in [0.3, 0.4) is 0 Å². The molecule has 0 N–H and O–H groups in total. The molecule has 0 aromatic carbocycles. The van der Waals surface area contributed by atoms with E-state index in [1.165, 1.54) is 308 Å². The largest absolute Gasteiger partial charge is 0.462 e. The molecule has 0 radical (unpaired) electrons. The van der Waals surface area contributed by atoms with Crippen LogP contribution in [0.2, 0.25) is 0 Å². The molecule has 1 atom stereocenters. The van der Waals surface area contributed by atoms with E-state index < -0.39 is 6.10 Å². The Labute approximate surface area is 469 Å². The summed E-state index contributed by atoms with van der Waals surface area (Å²) in [4.78, 5) is 38.4. The number of carbonyl (C=O) groups excluding carboxylic acids is 3. The summed E-state index contributed by atoms with van der Waals surface area (Å²) >= 11 is 0. The molecule has 0 amide bonds. The van der Waals surface area contributed by atoms with Gasteiger partial charge in [-0.1, -0.05) is 367 Å². The van der Waals surface area contributed by atoms with Crippen molar-refractivity contribution in [3.8, 4) is 0 Å². The molecule has 6 heteroatoms. The lowest BCUT2D eigenvalue weighted by Gasteiger charge is -2.18. The molecule has 0 saturated carbocycles. The molecule has 6 nitrogen and oxygen atoms in total. The highest BCUT2D eigenvalue weighted by atomic mass is 16.6. The lowest BCUT2D eigenvalue weighted by molar-refractivity contribution is -0.167. The molecule has 1 unspecified atom stereocenters. The maximum Gasteiger partial charge on any atom is 0.306 e. The molecule has 0 aliphatic rings. The zero-order valence-electron chi connectivity index (χ0n) is 51.4. The number of rotatable bonds is 65. The Kier molecular flexibility index (Phi) is 63.6. The second-order valence-corrected chi connectivity index (χ2v) is 23.8. The molecule has 0 aliphatic carbocycles. The predicted molar refractivity (Wildman–Crippen MR) is 326 cm³/mol. The summed E-state index contributed by atoms with van der Waals surface area (Å²) < 4.78 is 17.0. The Bertz CT molecular complexity index is 1120. The fourth-order valence-electron chi connectivity index (χ4n) is 10.9. The van der Waals surface area contributed by atoms with Gasteiger partial charge in [-0.15, -0.1) is 0 Å². The van der Waals surface area contributed by atoms with Crippen LogP contribution in [-0.2, 0) is 28.6 Å². The van der Waals surface area contributed by atoms with E-state index in [0.29, 0.717) is 19.3 Å². The van der Waals surface area contributed by atoms with Crippen molar-refractivity contribution in [2.24, 2.45) is 0 Å². The fraction of sp³-hybridized carbons (Fsp3) is 0.957. The van der Waals surface area contributed by atoms with Crippen molar-refractivity contribution in [3.63, 3.8) is 0 Å². The average molecular weight is 1060 g/mol. The molecule has 0 bridgehead atoms. The van der Waals surface area contributed by atoms with E-state index in [2.05, 4.69) is 20.8 Å². The summed E-state index contributed by atoms with van der Waals surface area (Å²) in [5.74, 6) is -0.819. The second kappa shape index (κ2) is 64.9. The van der Waals surface area contributed by atoms with E-state index in [9.17, 15) is 14.4 Å². The van der Waals surface area contributed by atoms with E-state index in [0.717, 1.165) is 57.8 Å². The lowest BCUT2D eigenvalue weighted by Crippen LogP contribution is -2.30. The second-order valence-electron chi connectivity index (χ2n) is 23.8. The van der Waals surface area contributed by atoms with Gasteiger partial charge in [0.2, 0.25) is 0 Å². The fourth-order valence-corrected chi connectivity index (χ4v) is 10.9. The van der Waals surface area contributed by atoms with E-state index >= 15 is 0 Å². The van der Waals surface area contributed by atoms with Crippen LogP contribution < -0.4 is 0 Å². The minimum atomic E-state index is -0.763. The van der Waals surface area contributed by atoms with E-state index in [4.69, 9.17) is 14.2 Å². The first-order chi connectivity index (χ1) is 37.0. The Hall–Kier alpha value is -1.59. The summed E-state index contributed by atoms with van der Waals surface area (Å²) in [6.07, 6.45) is 75.5. The molecule has 75 heavy (non-hydrogen) atoms. The van der Waals surface area contributed by atoms with Crippen LogP contribution in [0.4, 0.5) is 0 Å². The normalized spacial score (nSPS) is 11.9. The highest BCUT2D eigenvalue weighted by Crippen LogP contribution is 2.19. The van der Waals surface area contributed by atoms with E-state index in [1.54, 1.807) is 0 Å². The molecule has 446 valence electrons. The van der Waals surface area contributed by atoms with Crippen LogP contribution in [0.1, 0.15) is 406 Å². The topological polar surface area (TPSA) is 78.9 Å². The molecule has 0 aliphatic heterocycles. The summed E-state index contributed by atoms with van der Waals surface area (Å²) in [6.45, 7) is 6.75. The molecule has 0 aromatic rings. The van der Waals surface area contributed by atoms with Crippen molar-refractivity contribution < 1.29 is 28.6 Å². The van der Waals surface area contributed by atoms with Gasteiger partial charge in [-0.25, -0.2) is 0 Å². The van der Waals surface area contributed by atoms with Crippen molar-refractivity contribution >= 4 is 17.9 Å². The number of esters is 3. The van der Waals surface area contributed by atoms with Crippen molar-refractivity contribution in [1.29, 1.82) is 0 Å². The van der Waals surface area contributed by atoms with Crippen molar-refractivity contribution in [1.82, 2.24) is 0 Å². The van der Waals surface area contributed by atoms with Gasteiger partial charge in [0.15, 0.2) is 6.10 Å². The highest BCUT2D eigenvalue weighted by molar-refractivity contribution is 5.71. The predicted octanol–water partition coefficient (Wildman–Crippen LogP) is 23.5. The quantitative estimate of drug-likeness (QED) is 0.0343. The summed E-state index contributed by atoms with van der Waals surface area (Å²) in [6, 6.07) is 0. The van der Waals surface area contributed by atoms with Crippen LogP contribution in [0.5, 0.6) is 0 Å². The summed E-state index contributed by atoms with van der Waals surface area (Å²) in [5.41, 5.74) is 0. The van der Waals surface area contributed by atoms with Gasteiger partial charge in [-0.2, -0.15) is 0 Å². The Morgan fingerprint density at radius 1 is 0.213 bits per heavy atom. The molecule has 0 saturated heterocycles. The molecule has 0 fully saturated rings. The number of unbranched alkanes of at least 4 members (excludes halogenated alkanes) is 54. The van der Waals surface area contributed by atoms with E-state index in [-0.39, 0.29) is 31.1 Å². The van der Waals surface area contributed by atoms with E-state index in [1.807, 2.05) is 0 Å². The maximum absolute atomic E-state index is 12.9. The number of hydrogen-bond donors (Lipinski definition) is 0. The van der Waals surface area contributed by atoms with Crippen molar-refractivity contribution in [3.05, 3.63) is 0 Å². The maximum atomic E-state index is 12.9. The van der Waals surface area contributed by atoms with Gasteiger partial charge >= 0.3 is 17.9 Å². The molecular formula is C69H134O6. The van der Waals surface area contributed by atoms with Gasteiger partial charge in [0.1, 0.15) is 13.2 Å². The van der Waals surface area contributed by atoms with Crippen LogP contribution in [-0.4, -0.2) is 37.2 Å². The molecule has 0 rings (SSSR count). The zero-order valence-corrected chi connectivity index (χ0v) is 51.4. The standard InChI is InChI=1S/C69H134O6/c1-4-7-10-13-16-19-22-25-28-31-33-34-35-37-38-41-44-47-50-53-56-59-62-68(71)74-65-66(64-73-67(70)61-58-55-52-49-46-43-40-30-27-24-21-18-15-12-9-6-3)75-69(72)63-60-57-54-51-48-45-42-39-36-32-29-26-23-20-17-14-11-8-5-2/h66H,4-65H2,1-3H3. The SMILES string of the molecule is CCCCCCCCCCCCCCCCCCCCCCCCC(=O)OCC(COC(=O)CCCCCCCCCCCCCCCCCC)OC(=O)CCCCCCCCCCCCCCCCCCCCC. The van der Waals surface area contributed by atoms with Crippen molar-refractivity contribution in [2.75, 3.05) is 13.2 Å². The minimum Gasteiger partial charge on any atom is -0.462 e. The van der Waals surface area contributed by atoms with Crippen molar-refractivity contribution in [2.45, 2.75) is 412 Å². The summed E-state index contributed by atoms with van der Waals surface area (Å²) in [5, 5.41) is 0. The van der Waals surface area contributed by atoms with Crippen LogP contribution >= 0.6 is 0 Å². The Morgan fingerprint density at radius 3 is 0.533 bits per heavy atom. The zero-order chi connectivity index (χ0) is 54.3. The summed E-state index contributed by atoms with van der Waals surface area (Å²) in [7, 11) is 0. The Balaban J connectivity index is 4.25. The van der Waals surface area contributed by atoms with Gasteiger partial charge in [0.05, 0.1) is 0 Å². The lowest BCUT2D eigenvalue weighted by atomic mass is 10.0. The number of carbonyl (C=O) groups is 3.